The SMILES string of the molecule is COc1cc2c(c(OC)c1OC)-c1ccc(COP(OC(C)(C)C)OC(C)(C)C)cc1CCC2. The van der Waals surface area contributed by atoms with Crippen LogP contribution in [0.15, 0.2) is 24.3 Å². The van der Waals surface area contributed by atoms with Gasteiger partial charge in [0, 0.05) is 5.56 Å². The van der Waals surface area contributed by atoms with Gasteiger partial charge in [-0.05, 0) is 89.1 Å². The van der Waals surface area contributed by atoms with Crippen molar-refractivity contribution in [2.45, 2.75) is 78.6 Å². The lowest BCUT2D eigenvalue weighted by Crippen LogP contribution is -2.22. The van der Waals surface area contributed by atoms with Crippen molar-refractivity contribution in [2.75, 3.05) is 21.3 Å². The van der Waals surface area contributed by atoms with E-state index in [0.717, 1.165) is 36.0 Å². The molecule has 0 radical (unpaired) electrons. The highest BCUT2D eigenvalue weighted by atomic mass is 31.2. The van der Waals surface area contributed by atoms with Gasteiger partial charge in [0.1, 0.15) is 0 Å². The number of methoxy groups -OCH3 is 3. The maximum Gasteiger partial charge on any atom is 0.334 e. The zero-order valence-corrected chi connectivity index (χ0v) is 22.9. The molecule has 3 rings (SSSR count). The number of hydrogen-bond acceptors (Lipinski definition) is 6. The van der Waals surface area contributed by atoms with Gasteiger partial charge in [0.05, 0.1) is 39.1 Å². The van der Waals surface area contributed by atoms with Crippen molar-refractivity contribution < 1.29 is 27.8 Å². The number of fused-ring (bicyclic) bond motifs is 3. The summed E-state index contributed by atoms with van der Waals surface area (Å²) in [7, 11) is 3.48. The van der Waals surface area contributed by atoms with Crippen molar-refractivity contribution in [1.82, 2.24) is 0 Å². The minimum absolute atomic E-state index is 0.356. The maximum atomic E-state index is 6.14. The van der Waals surface area contributed by atoms with Crippen LogP contribution < -0.4 is 14.2 Å². The summed E-state index contributed by atoms with van der Waals surface area (Å²) in [5.74, 6) is 2.02. The van der Waals surface area contributed by atoms with Gasteiger partial charge in [-0.15, -0.1) is 0 Å². The van der Waals surface area contributed by atoms with E-state index in [-0.39, 0.29) is 11.2 Å². The summed E-state index contributed by atoms with van der Waals surface area (Å²) in [4.78, 5) is 0. The lowest BCUT2D eigenvalue weighted by atomic mass is 9.93. The van der Waals surface area contributed by atoms with Gasteiger partial charge in [-0.2, -0.15) is 0 Å². The fourth-order valence-electron chi connectivity index (χ4n) is 4.00. The molecule has 188 valence electrons. The van der Waals surface area contributed by atoms with Gasteiger partial charge in [0.2, 0.25) is 5.75 Å². The largest absolute Gasteiger partial charge is 0.493 e. The molecule has 0 saturated carbocycles. The third-order valence-electron chi connectivity index (χ3n) is 5.28. The van der Waals surface area contributed by atoms with Crippen LogP contribution in [0.2, 0.25) is 0 Å². The summed E-state index contributed by atoms with van der Waals surface area (Å²) in [6, 6.07) is 8.56. The predicted molar refractivity (Wildman–Crippen MR) is 137 cm³/mol. The first kappa shape index (κ1) is 26.7. The van der Waals surface area contributed by atoms with E-state index >= 15 is 0 Å². The monoisotopic (exact) mass is 490 g/mol. The van der Waals surface area contributed by atoms with Crippen LogP contribution in [0, 0.1) is 0 Å². The Balaban J connectivity index is 1.92. The van der Waals surface area contributed by atoms with Crippen molar-refractivity contribution in [3.8, 4) is 28.4 Å². The quantitative estimate of drug-likeness (QED) is 0.364. The van der Waals surface area contributed by atoms with Crippen LogP contribution in [0.5, 0.6) is 17.2 Å². The molecule has 0 N–H and O–H groups in total. The van der Waals surface area contributed by atoms with Crippen LogP contribution in [-0.2, 0) is 33.0 Å². The third kappa shape index (κ3) is 6.63. The Bertz CT molecular complexity index is 974. The molecule has 0 aliphatic heterocycles. The van der Waals surface area contributed by atoms with Crippen LogP contribution in [-0.4, -0.2) is 32.5 Å². The molecule has 0 bridgehead atoms. The molecular weight excluding hydrogens is 451 g/mol. The van der Waals surface area contributed by atoms with E-state index in [1.54, 1.807) is 21.3 Å². The van der Waals surface area contributed by atoms with E-state index in [9.17, 15) is 0 Å². The van der Waals surface area contributed by atoms with Crippen LogP contribution >= 0.6 is 8.60 Å². The minimum Gasteiger partial charge on any atom is -0.493 e. The van der Waals surface area contributed by atoms with E-state index in [0.29, 0.717) is 23.9 Å². The molecule has 0 amide bonds. The highest BCUT2D eigenvalue weighted by Crippen LogP contribution is 2.50. The Morgan fingerprint density at radius 1 is 0.765 bits per heavy atom. The first-order chi connectivity index (χ1) is 16.0. The number of ether oxygens (including phenoxy) is 3. The standard InChI is InChI=1S/C27H39O6P/c1-26(2,3)32-34(33-27(4,5)6)31-17-18-13-14-21-19(15-18)11-10-12-20-16-22(28-7)24(29-8)25(30-9)23(20)21/h13-16H,10-12,17H2,1-9H3. The Morgan fingerprint density at radius 3 is 1.94 bits per heavy atom. The molecule has 1 aliphatic rings. The van der Waals surface area contributed by atoms with E-state index < -0.39 is 8.60 Å². The second kappa shape index (κ2) is 10.8. The van der Waals surface area contributed by atoms with Gasteiger partial charge in [0.15, 0.2) is 11.5 Å². The fourth-order valence-corrected chi connectivity index (χ4v) is 5.29. The molecule has 0 atom stereocenters. The lowest BCUT2D eigenvalue weighted by molar-refractivity contribution is 0.0306. The molecule has 0 spiro atoms. The predicted octanol–water partition coefficient (Wildman–Crippen LogP) is 7.24. The van der Waals surface area contributed by atoms with E-state index in [2.05, 4.69) is 24.3 Å². The Morgan fingerprint density at radius 2 is 1.38 bits per heavy atom. The second-order valence-electron chi connectivity index (χ2n) is 10.4. The third-order valence-corrected chi connectivity index (χ3v) is 7.01. The van der Waals surface area contributed by atoms with Crippen molar-refractivity contribution in [3.63, 3.8) is 0 Å². The normalized spacial score (nSPS) is 13.8. The summed E-state index contributed by atoms with van der Waals surface area (Å²) in [6.45, 7) is 12.5. The van der Waals surface area contributed by atoms with Crippen molar-refractivity contribution in [3.05, 3.63) is 41.0 Å². The van der Waals surface area contributed by atoms with Crippen LogP contribution in [0.3, 0.4) is 0 Å². The average molecular weight is 491 g/mol. The van der Waals surface area contributed by atoms with E-state index in [4.69, 9.17) is 27.8 Å². The highest BCUT2D eigenvalue weighted by molar-refractivity contribution is 7.41. The van der Waals surface area contributed by atoms with Gasteiger partial charge in [-0.1, -0.05) is 18.2 Å². The number of benzene rings is 2. The average Bonchev–Trinajstić information content (AvgIpc) is 2.92. The zero-order valence-electron chi connectivity index (χ0n) is 22.0. The molecule has 2 aromatic rings. The molecule has 7 heteroatoms. The lowest BCUT2D eigenvalue weighted by Gasteiger charge is -2.30. The maximum absolute atomic E-state index is 6.14. The van der Waals surface area contributed by atoms with Crippen LogP contribution in [0.4, 0.5) is 0 Å². The molecule has 2 aromatic carbocycles. The van der Waals surface area contributed by atoms with Crippen LogP contribution in [0.1, 0.15) is 64.7 Å². The van der Waals surface area contributed by atoms with Gasteiger partial charge in [0.25, 0.3) is 0 Å². The smallest absolute Gasteiger partial charge is 0.334 e. The summed E-state index contributed by atoms with van der Waals surface area (Å²) in [5.41, 5.74) is 5.09. The van der Waals surface area contributed by atoms with Crippen molar-refractivity contribution in [1.29, 1.82) is 0 Å². The van der Waals surface area contributed by atoms with E-state index in [1.165, 1.54) is 11.1 Å². The van der Waals surface area contributed by atoms with Gasteiger partial charge in [-0.25, -0.2) is 0 Å². The van der Waals surface area contributed by atoms with Crippen molar-refractivity contribution >= 4 is 8.60 Å². The topological polar surface area (TPSA) is 55.4 Å². The summed E-state index contributed by atoms with van der Waals surface area (Å²) in [6.07, 6.45) is 2.95. The molecule has 6 nitrogen and oxygen atoms in total. The van der Waals surface area contributed by atoms with Gasteiger partial charge < -0.3 is 27.8 Å². The summed E-state index contributed by atoms with van der Waals surface area (Å²) >= 11 is 0. The Hall–Kier alpha value is -1.85. The van der Waals surface area contributed by atoms with Gasteiger partial charge in [-0.3, -0.25) is 0 Å². The molecule has 1 aliphatic carbocycles. The molecule has 0 saturated heterocycles. The Kier molecular flexibility index (Phi) is 8.51. The summed E-state index contributed by atoms with van der Waals surface area (Å²) < 4.78 is 35.3. The summed E-state index contributed by atoms with van der Waals surface area (Å²) in [5, 5.41) is 0. The molecule has 0 unspecified atom stereocenters. The van der Waals surface area contributed by atoms with Crippen molar-refractivity contribution in [2.24, 2.45) is 0 Å². The van der Waals surface area contributed by atoms with E-state index in [1.807, 2.05) is 41.5 Å². The second-order valence-corrected chi connectivity index (χ2v) is 11.5. The molecule has 0 heterocycles. The van der Waals surface area contributed by atoms with Crippen LogP contribution in [0.25, 0.3) is 11.1 Å². The minimum atomic E-state index is -1.49. The van der Waals surface area contributed by atoms with Gasteiger partial charge >= 0.3 is 8.60 Å². The molecule has 0 fully saturated rings. The fraction of sp³-hybridized carbons (Fsp3) is 0.556. The number of hydrogen-bond donors (Lipinski definition) is 0. The molecular formula is C27H39O6P. The number of aryl methyl sites for hydroxylation is 2. The zero-order chi connectivity index (χ0) is 25.1. The Labute approximate surface area is 205 Å². The molecule has 34 heavy (non-hydrogen) atoms. The molecule has 0 aromatic heterocycles. The first-order valence-electron chi connectivity index (χ1n) is 11.7. The first-order valence-corrected chi connectivity index (χ1v) is 12.8. The highest BCUT2D eigenvalue weighted by Gasteiger charge is 2.28. The number of rotatable bonds is 8.